The highest BCUT2D eigenvalue weighted by Crippen LogP contribution is 2.29. The van der Waals surface area contributed by atoms with Gasteiger partial charge in [-0.2, -0.15) is 0 Å². The molecule has 15 heavy (non-hydrogen) atoms. The van der Waals surface area contributed by atoms with Crippen molar-refractivity contribution < 1.29 is 13.2 Å². The fourth-order valence-electron chi connectivity index (χ4n) is 1.55. The van der Waals surface area contributed by atoms with E-state index in [1.54, 1.807) is 12.1 Å². The Labute approximate surface area is 87.2 Å². The van der Waals surface area contributed by atoms with E-state index >= 15 is 0 Å². The average molecular weight is 226 g/mol. The molecule has 0 amide bonds. The third-order valence-electron chi connectivity index (χ3n) is 2.33. The predicted octanol–water partition coefficient (Wildman–Crippen LogP) is -0.129. The van der Waals surface area contributed by atoms with Gasteiger partial charge in [-0.15, -0.1) is 0 Å². The molecular formula is C9H10N2O3S. The number of hydrogen-bond donors (Lipinski definition) is 2. The molecule has 0 radical (unpaired) electrons. The number of hydrogen-bond acceptors (Lipinski definition) is 5. The summed E-state index contributed by atoms with van der Waals surface area (Å²) >= 11 is 0. The van der Waals surface area contributed by atoms with E-state index < -0.39 is 15.0 Å². The third kappa shape index (κ3) is 1.42. The Balaban J connectivity index is 2.72. The second-order valence-corrected chi connectivity index (χ2v) is 5.13. The molecule has 0 aliphatic carbocycles. The monoisotopic (exact) mass is 226 g/mol. The Kier molecular flexibility index (Phi) is 2.24. The van der Waals surface area contributed by atoms with Crippen LogP contribution in [0.3, 0.4) is 0 Å². The first-order valence-corrected chi connectivity index (χ1v) is 5.89. The van der Waals surface area contributed by atoms with Crippen molar-refractivity contribution in [2.45, 2.75) is 11.4 Å². The summed E-state index contributed by atoms with van der Waals surface area (Å²) < 4.78 is 23.3. The molecule has 0 unspecified atom stereocenters. The van der Waals surface area contributed by atoms with Gasteiger partial charge in [0.1, 0.15) is 0 Å². The SMILES string of the molecule is NCc1cccc2c1NCC(=O)S2(=O)=O. The van der Waals surface area contributed by atoms with Gasteiger partial charge in [0, 0.05) is 6.54 Å². The van der Waals surface area contributed by atoms with Crippen LogP contribution in [0.5, 0.6) is 0 Å². The van der Waals surface area contributed by atoms with E-state index in [-0.39, 0.29) is 18.0 Å². The molecule has 0 atom stereocenters. The molecule has 2 rings (SSSR count). The molecule has 3 N–H and O–H groups in total. The highest BCUT2D eigenvalue weighted by atomic mass is 32.2. The fourth-order valence-corrected chi connectivity index (χ4v) is 2.79. The summed E-state index contributed by atoms with van der Waals surface area (Å²) in [6.45, 7) is 0.0478. The Hall–Kier alpha value is -1.40. The second-order valence-electron chi connectivity index (χ2n) is 3.22. The van der Waals surface area contributed by atoms with Crippen molar-refractivity contribution in [3.05, 3.63) is 23.8 Å². The van der Waals surface area contributed by atoms with E-state index in [0.717, 1.165) is 0 Å². The standard InChI is InChI=1S/C9H10N2O3S/c10-4-6-2-1-3-7-9(6)11-5-8(12)15(7,13)14/h1-3,11H,4-5,10H2. The molecule has 0 bridgehead atoms. The minimum absolute atomic E-state index is 0.0294. The van der Waals surface area contributed by atoms with Crippen LogP contribution in [0.4, 0.5) is 5.69 Å². The maximum absolute atomic E-state index is 11.6. The Morgan fingerprint density at radius 3 is 2.80 bits per heavy atom. The number of anilines is 1. The van der Waals surface area contributed by atoms with Crippen molar-refractivity contribution in [2.24, 2.45) is 5.73 Å². The first-order valence-electron chi connectivity index (χ1n) is 4.41. The number of nitrogens with one attached hydrogen (secondary N) is 1. The zero-order valence-corrected chi connectivity index (χ0v) is 8.67. The molecule has 1 heterocycles. The summed E-state index contributed by atoms with van der Waals surface area (Å²) in [6, 6.07) is 4.73. The van der Waals surface area contributed by atoms with Crippen LogP contribution >= 0.6 is 0 Å². The van der Waals surface area contributed by atoms with Crippen LogP contribution in [-0.2, 0) is 21.2 Å². The zero-order chi connectivity index (χ0) is 11.1. The Morgan fingerprint density at radius 1 is 1.40 bits per heavy atom. The maximum atomic E-state index is 11.6. The Morgan fingerprint density at radius 2 is 2.13 bits per heavy atom. The smallest absolute Gasteiger partial charge is 0.270 e. The van der Waals surface area contributed by atoms with Gasteiger partial charge >= 0.3 is 0 Å². The molecule has 80 valence electrons. The van der Waals surface area contributed by atoms with Gasteiger partial charge in [0.25, 0.3) is 5.12 Å². The Bertz CT molecular complexity index is 522. The molecule has 0 saturated carbocycles. The van der Waals surface area contributed by atoms with Crippen molar-refractivity contribution >= 4 is 20.6 Å². The lowest BCUT2D eigenvalue weighted by Gasteiger charge is -2.19. The quantitative estimate of drug-likeness (QED) is 0.696. The van der Waals surface area contributed by atoms with Gasteiger partial charge in [-0.05, 0) is 11.6 Å². The van der Waals surface area contributed by atoms with Gasteiger partial charge < -0.3 is 11.1 Å². The van der Waals surface area contributed by atoms with Crippen LogP contribution in [0.25, 0.3) is 0 Å². The molecule has 1 aromatic rings. The van der Waals surface area contributed by atoms with Crippen LogP contribution in [0.15, 0.2) is 23.1 Å². The molecule has 0 spiro atoms. The van der Waals surface area contributed by atoms with Gasteiger partial charge in [-0.1, -0.05) is 12.1 Å². The number of rotatable bonds is 1. The van der Waals surface area contributed by atoms with Gasteiger partial charge in [0.15, 0.2) is 0 Å². The molecule has 6 heteroatoms. The summed E-state index contributed by atoms with van der Waals surface area (Å²) in [5.41, 5.74) is 6.63. The van der Waals surface area contributed by atoms with Crippen LogP contribution < -0.4 is 11.1 Å². The zero-order valence-electron chi connectivity index (χ0n) is 7.86. The highest BCUT2D eigenvalue weighted by molar-refractivity contribution is 8.06. The number of para-hydroxylation sites is 1. The van der Waals surface area contributed by atoms with Gasteiger partial charge in [-0.25, -0.2) is 8.42 Å². The first-order chi connectivity index (χ1) is 7.07. The predicted molar refractivity (Wildman–Crippen MR) is 55.0 cm³/mol. The van der Waals surface area contributed by atoms with E-state index in [1.807, 2.05) is 0 Å². The molecule has 1 aromatic carbocycles. The largest absolute Gasteiger partial charge is 0.375 e. The number of sulfone groups is 1. The summed E-state index contributed by atoms with van der Waals surface area (Å²) in [5.74, 6) is 0. The topological polar surface area (TPSA) is 89.3 Å². The van der Waals surface area contributed by atoms with E-state index in [2.05, 4.69) is 5.32 Å². The first kappa shape index (κ1) is 10.1. The van der Waals surface area contributed by atoms with Crippen molar-refractivity contribution in [2.75, 3.05) is 11.9 Å². The molecule has 0 saturated heterocycles. The summed E-state index contributed by atoms with van der Waals surface area (Å²) in [6.07, 6.45) is 0. The normalized spacial score (nSPS) is 18.1. The summed E-state index contributed by atoms with van der Waals surface area (Å²) in [7, 11) is -3.81. The van der Waals surface area contributed by atoms with Crippen LogP contribution in [0.1, 0.15) is 5.56 Å². The average Bonchev–Trinajstić information content (AvgIpc) is 2.23. The minimum Gasteiger partial charge on any atom is -0.375 e. The molecular weight excluding hydrogens is 216 g/mol. The third-order valence-corrected chi connectivity index (χ3v) is 3.99. The van der Waals surface area contributed by atoms with Crippen LogP contribution in [0, 0.1) is 0 Å². The minimum atomic E-state index is -3.81. The molecule has 0 fully saturated rings. The lowest BCUT2D eigenvalue weighted by atomic mass is 10.2. The van der Waals surface area contributed by atoms with E-state index in [0.29, 0.717) is 11.3 Å². The van der Waals surface area contributed by atoms with Crippen molar-refractivity contribution in [1.82, 2.24) is 0 Å². The fraction of sp³-hybridized carbons (Fsp3) is 0.222. The van der Waals surface area contributed by atoms with Gasteiger partial charge in [-0.3, -0.25) is 4.79 Å². The molecule has 0 aromatic heterocycles. The van der Waals surface area contributed by atoms with Crippen LogP contribution in [-0.4, -0.2) is 20.1 Å². The number of nitrogens with two attached hydrogens (primary N) is 1. The van der Waals surface area contributed by atoms with E-state index in [1.165, 1.54) is 6.07 Å². The number of benzene rings is 1. The van der Waals surface area contributed by atoms with E-state index in [4.69, 9.17) is 5.73 Å². The van der Waals surface area contributed by atoms with E-state index in [9.17, 15) is 13.2 Å². The van der Waals surface area contributed by atoms with Crippen LogP contribution in [0.2, 0.25) is 0 Å². The lowest BCUT2D eigenvalue weighted by molar-refractivity contribution is -0.110. The van der Waals surface area contributed by atoms with Crippen molar-refractivity contribution in [3.63, 3.8) is 0 Å². The second kappa shape index (κ2) is 3.32. The summed E-state index contributed by atoms with van der Waals surface area (Å²) in [4.78, 5) is 11.2. The summed E-state index contributed by atoms with van der Waals surface area (Å²) in [5, 5.41) is 1.98. The van der Waals surface area contributed by atoms with Gasteiger partial charge in [0.05, 0.1) is 17.1 Å². The molecule has 5 nitrogen and oxygen atoms in total. The number of fused-ring (bicyclic) bond motifs is 1. The van der Waals surface area contributed by atoms with Gasteiger partial charge in [0.2, 0.25) is 9.84 Å². The van der Waals surface area contributed by atoms with Crippen molar-refractivity contribution in [3.8, 4) is 0 Å². The maximum Gasteiger partial charge on any atom is 0.270 e. The number of carbonyl (C=O) groups excluding carboxylic acids is 1. The highest BCUT2D eigenvalue weighted by Gasteiger charge is 2.32. The number of carbonyl (C=O) groups is 1. The molecule has 1 aliphatic heterocycles. The van der Waals surface area contributed by atoms with Crippen molar-refractivity contribution in [1.29, 1.82) is 0 Å². The lowest BCUT2D eigenvalue weighted by Crippen LogP contribution is -2.30. The molecule has 1 aliphatic rings.